The van der Waals surface area contributed by atoms with Gasteiger partial charge in [0.05, 0.1) is 39.5 Å². The fourth-order valence-corrected chi connectivity index (χ4v) is 16.9. The monoisotopic (exact) mass is 1980 g/mol. The Kier molecular flexibility index (Phi) is 42.3. The van der Waals surface area contributed by atoms with Crippen molar-refractivity contribution < 1.29 is 72.2 Å². The fraction of sp³-hybridized carbons (Fsp3) is 0.140. The topological polar surface area (TPSA) is 169 Å². The first-order valence-electron chi connectivity index (χ1n) is 37.5. The van der Waals surface area contributed by atoms with E-state index in [1.54, 1.807) is 97.5 Å². The number of halogens is 10. The largest absolute Gasteiger partial charge is 0.0622 e. The summed E-state index contributed by atoms with van der Waals surface area (Å²) in [6, 6.07) is 103. The van der Waals surface area contributed by atoms with Gasteiger partial charge in [-0.15, -0.1) is 0 Å². The minimum atomic E-state index is -1.72. The van der Waals surface area contributed by atoms with Crippen LogP contribution in [-0.4, -0.2) is 90.7 Å². The smallest absolute Gasteiger partial charge is 0.0134 e. The predicted molar refractivity (Wildman–Crippen MR) is 508 cm³/mol. The summed E-state index contributed by atoms with van der Waals surface area (Å²) in [5.74, 6) is -1.51. The van der Waals surface area contributed by atoms with Crippen LogP contribution in [0.4, 0.5) is 17.6 Å². The van der Waals surface area contributed by atoms with Crippen LogP contribution in [0.3, 0.4) is 0 Å². The zero-order valence-electron chi connectivity index (χ0n) is 67.0. The van der Waals surface area contributed by atoms with Crippen molar-refractivity contribution in [2.75, 3.05) is 0 Å². The molecule has 632 valence electrons. The quantitative estimate of drug-likeness (QED) is 0.0301. The van der Waals surface area contributed by atoms with Crippen LogP contribution in [0.5, 0.6) is 0 Å². The number of nitrogens with zero attached hydrogens (tertiary/aromatic N) is 4. The van der Waals surface area contributed by atoms with Gasteiger partial charge in [-0.1, -0.05) is 279 Å². The summed E-state index contributed by atoms with van der Waals surface area (Å²) in [5.41, 5.74) is 1.71. The van der Waals surface area contributed by atoms with Gasteiger partial charge < -0.3 is 38.7 Å². The normalized spacial score (nSPS) is 13.2. The molecule has 0 bridgehead atoms. The minimum absolute atomic E-state index is 0. The molecule has 16 rings (SSSR count). The van der Waals surface area contributed by atoms with E-state index < -0.39 is 49.9 Å². The maximum Gasteiger partial charge on any atom is -0.0134 e. The van der Waals surface area contributed by atoms with Crippen LogP contribution in [0.1, 0.15) is 62.8 Å². The van der Waals surface area contributed by atoms with E-state index in [0.717, 1.165) is 3.57 Å². The van der Waals surface area contributed by atoms with Crippen molar-refractivity contribution in [2.45, 2.75) is 85.2 Å². The van der Waals surface area contributed by atoms with Crippen LogP contribution < -0.4 is 42.8 Å². The minimum Gasteiger partial charge on any atom is -0.0622 e. The van der Waals surface area contributed by atoms with Gasteiger partial charge in [-0.05, 0) is 222 Å². The van der Waals surface area contributed by atoms with E-state index >= 15 is 0 Å². The molecule has 12 nitrogen and oxygen atoms in total. The summed E-state index contributed by atoms with van der Waals surface area (Å²) < 4.78 is 77.6. The van der Waals surface area contributed by atoms with Gasteiger partial charge in [0.25, 0.3) is 0 Å². The van der Waals surface area contributed by atoms with Crippen LogP contribution in [0.2, 0.25) is 15.2 Å². The van der Waals surface area contributed by atoms with E-state index in [1.165, 1.54) is 92.6 Å². The van der Waals surface area contributed by atoms with E-state index in [1.807, 2.05) is 67.5 Å². The molecule has 0 atom stereocenters. The number of hydrogen-bond acceptors (Lipinski definition) is 12. The third-order valence-corrected chi connectivity index (χ3v) is 24.9. The molecule has 2 aliphatic rings. The van der Waals surface area contributed by atoms with Gasteiger partial charge in [0, 0.05) is 60.6 Å². The van der Waals surface area contributed by atoms with E-state index in [-0.39, 0.29) is 74.1 Å². The Balaban J connectivity index is 0.000000193. The summed E-state index contributed by atoms with van der Waals surface area (Å²) >= 11 is 18.8. The molecule has 4 N–H and O–H groups in total. The van der Waals surface area contributed by atoms with Crippen LogP contribution >= 0.6 is 92.3 Å². The van der Waals surface area contributed by atoms with E-state index in [0.29, 0.717) is 49.0 Å². The molecule has 2 saturated heterocycles. The molecule has 29 heteroatoms. The Morgan fingerprint density at radius 2 is 0.598 bits per heavy atom. The van der Waals surface area contributed by atoms with Crippen molar-refractivity contribution in [2.24, 2.45) is 0 Å². The third-order valence-electron chi connectivity index (χ3n) is 18.7. The molecule has 0 unspecified atom stereocenters. The SMILES string of the molecule is C.CC1(C)OB(B2OC(C)(C)C(C)(C)O2)OC1(C)C.Clc1ccnc(Cl)c1.Fc1ccccc1-c1cc(Cl)ccn1.Fc1ccccc1-c1cc(I)ccn1.OB(O)c1ccccc1F.OB(O)c1ccnc(-c2ccccc2F)c1.[Cl][Pd][Cl].c1ccc(P(c2ccccc2)c2ccccc2)cc1.c1ccc(P(c2ccccc2)c2ccccc2)cc1. The molecular weight excluding hydrogens is 1890 g/mol. The maximum absolute atomic E-state index is 13.4. The van der Waals surface area contributed by atoms with Crippen LogP contribution in [0.15, 0.2) is 352 Å². The molecule has 0 amide bonds. The third kappa shape index (κ3) is 31.4. The zero-order valence-corrected chi connectivity index (χ0v) is 76.3. The Bertz CT molecular complexity index is 4970. The molecular formula is C93H90B4Cl5F4IN4O8P2Pd. The van der Waals surface area contributed by atoms with Gasteiger partial charge in [-0.2, -0.15) is 0 Å². The Morgan fingerprint density at radius 1 is 0.336 bits per heavy atom. The van der Waals surface area contributed by atoms with Crippen LogP contribution in [-0.2, 0) is 34.6 Å². The standard InChI is InChI=1S/2C18H15P.C12H24B2O4.C11H9BFNO2.C11H7ClFN.C11H7FIN.C6H6BFO2.C5H3Cl2N.CH4.2ClH.Pd/c2*1-4-10-16(11-5-1)19(17-12-6-2-7-13-17)18-14-8-3-9-15-18;1-9(2)10(3,4)16-13(15-9)14-17-11(5,6)12(7,8)18-14;13-10-4-2-1-3-9(10)11-7-8(12(15)16)5-6-14-11;12-8-5-6-14-11(7-8)9-3-1-2-4-10(9)13;12-10-4-2-1-3-9(10)11-7-8(13)5-6-14-11;8-6-4-2-1-3-5(6)7(9)10;6-4-1-2-8-5(7)3-4;;;;/h2*1-15H;1-8H3;1-7,15-16H;2*1-7H;1-4,9-10H;1-3H;1H4;2*1H;/q;;;;;;;;;;;+2/p-2. The van der Waals surface area contributed by atoms with Crippen molar-refractivity contribution in [1.82, 2.24) is 19.9 Å². The van der Waals surface area contributed by atoms with Crippen molar-refractivity contribution in [1.29, 1.82) is 0 Å². The van der Waals surface area contributed by atoms with Gasteiger partial charge in [0.2, 0.25) is 0 Å². The average molecular weight is 1980 g/mol. The second-order valence-electron chi connectivity index (χ2n) is 28.2. The molecule has 10 aromatic carbocycles. The molecule has 0 radical (unpaired) electrons. The number of aromatic nitrogens is 4. The van der Waals surface area contributed by atoms with E-state index in [9.17, 15) is 17.6 Å². The Labute approximate surface area is 762 Å². The predicted octanol–water partition coefficient (Wildman–Crippen LogP) is 20.6. The van der Waals surface area contributed by atoms with Crippen molar-refractivity contribution in [3.63, 3.8) is 0 Å². The molecule has 2 fully saturated rings. The maximum atomic E-state index is 13.4. The molecule has 4 aromatic heterocycles. The van der Waals surface area contributed by atoms with Crippen molar-refractivity contribution in [3.05, 3.63) is 394 Å². The number of hydrogen-bond donors (Lipinski definition) is 4. The molecule has 2 aliphatic heterocycles. The number of rotatable bonds is 12. The summed E-state index contributed by atoms with van der Waals surface area (Å²) in [7, 11) is 4.49. The first-order valence-corrected chi connectivity index (χ1v) is 46.4. The van der Waals surface area contributed by atoms with Crippen LogP contribution in [0, 0.1) is 26.8 Å². The Hall–Kier alpha value is -7.84. The summed E-state index contributed by atoms with van der Waals surface area (Å²) in [6.45, 7) is 16.2. The second-order valence-corrected chi connectivity index (χ2v) is 37.5. The summed E-state index contributed by atoms with van der Waals surface area (Å²) in [6.07, 6.45) is 6.22. The molecule has 0 aliphatic carbocycles. The molecule has 14 aromatic rings. The van der Waals surface area contributed by atoms with Gasteiger partial charge in [-0.3, -0.25) is 15.0 Å². The zero-order chi connectivity index (χ0) is 87.5. The first kappa shape index (κ1) is 101. The molecule has 0 saturated carbocycles. The summed E-state index contributed by atoms with van der Waals surface area (Å²) in [5, 5.41) is 45.0. The van der Waals surface area contributed by atoms with Gasteiger partial charge in [0.15, 0.2) is 0 Å². The summed E-state index contributed by atoms with van der Waals surface area (Å²) in [4.78, 5) is 15.9. The van der Waals surface area contributed by atoms with Crippen molar-refractivity contribution >= 4 is 163 Å². The number of benzene rings is 10. The van der Waals surface area contributed by atoms with Crippen LogP contribution in [0.25, 0.3) is 33.8 Å². The van der Waals surface area contributed by atoms with Gasteiger partial charge >= 0.3 is 63.3 Å². The molecule has 6 heterocycles. The number of pyridine rings is 4. The fourth-order valence-electron chi connectivity index (χ4n) is 11.3. The average Bonchev–Trinajstić information content (AvgIpc) is 1.60. The van der Waals surface area contributed by atoms with Gasteiger partial charge in [-0.25, -0.2) is 22.5 Å². The van der Waals surface area contributed by atoms with E-state index in [2.05, 4.69) is 225 Å². The molecule has 0 spiro atoms. The first-order chi connectivity index (χ1) is 57.9. The van der Waals surface area contributed by atoms with Gasteiger partial charge in [0.1, 0.15) is 28.4 Å². The second kappa shape index (κ2) is 50.9. The Morgan fingerprint density at radius 3 is 0.861 bits per heavy atom. The molecule has 122 heavy (non-hydrogen) atoms. The van der Waals surface area contributed by atoms with E-state index in [4.69, 9.17) is 92.6 Å². The van der Waals surface area contributed by atoms with Crippen molar-refractivity contribution in [3.8, 4) is 33.8 Å².